The van der Waals surface area contributed by atoms with Gasteiger partial charge in [0.2, 0.25) is 0 Å². The lowest BCUT2D eigenvalue weighted by atomic mass is 10.0. The van der Waals surface area contributed by atoms with Crippen LogP contribution in [0.5, 0.6) is 0 Å². The quantitative estimate of drug-likeness (QED) is 0.831. The lowest BCUT2D eigenvalue weighted by Crippen LogP contribution is -2.11. The second kappa shape index (κ2) is 6.41. The molecule has 2 nitrogen and oxygen atoms in total. The summed E-state index contributed by atoms with van der Waals surface area (Å²) in [6.07, 6.45) is 1.08. The van der Waals surface area contributed by atoms with Crippen LogP contribution in [0.25, 0.3) is 0 Å². The standard InChI is InChI=1S/C13H20ClNOS/c1-9(2)6-10(3)8-17(16)13-5-4-11(15)7-12(13)14/h4-5,7,9-10H,6,8,15H2,1-3H3. The molecule has 1 rings (SSSR count). The Labute approximate surface area is 111 Å². The van der Waals surface area contributed by atoms with Gasteiger partial charge in [-0.25, -0.2) is 0 Å². The highest BCUT2D eigenvalue weighted by molar-refractivity contribution is 7.85. The summed E-state index contributed by atoms with van der Waals surface area (Å²) >= 11 is 6.04. The van der Waals surface area contributed by atoms with Crippen LogP contribution in [0, 0.1) is 11.8 Å². The number of rotatable bonds is 5. The molecule has 0 aliphatic carbocycles. The second-order valence-electron chi connectivity index (χ2n) is 4.94. The third-order valence-corrected chi connectivity index (χ3v) is 4.65. The first kappa shape index (κ1) is 14.5. The molecule has 0 spiro atoms. The zero-order chi connectivity index (χ0) is 13.0. The van der Waals surface area contributed by atoms with Crippen molar-refractivity contribution in [2.75, 3.05) is 11.5 Å². The van der Waals surface area contributed by atoms with E-state index >= 15 is 0 Å². The van der Waals surface area contributed by atoms with Crippen LogP contribution >= 0.6 is 11.6 Å². The topological polar surface area (TPSA) is 43.1 Å². The summed E-state index contributed by atoms with van der Waals surface area (Å²) in [5.41, 5.74) is 6.21. The Bertz CT molecular complexity index is 406. The van der Waals surface area contributed by atoms with Gasteiger partial charge in [0, 0.05) is 11.4 Å². The summed E-state index contributed by atoms with van der Waals surface area (Å²) < 4.78 is 12.2. The Morgan fingerprint density at radius 1 is 1.35 bits per heavy atom. The monoisotopic (exact) mass is 273 g/mol. The highest BCUT2D eigenvalue weighted by Crippen LogP contribution is 2.24. The number of benzene rings is 1. The largest absolute Gasteiger partial charge is 0.399 e. The fourth-order valence-electron chi connectivity index (χ4n) is 1.92. The van der Waals surface area contributed by atoms with Gasteiger partial charge in [0.25, 0.3) is 0 Å². The van der Waals surface area contributed by atoms with Crippen molar-refractivity contribution in [3.63, 3.8) is 0 Å². The maximum atomic E-state index is 12.2. The molecular formula is C13H20ClNOS. The zero-order valence-corrected chi connectivity index (χ0v) is 12.1. The van der Waals surface area contributed by atoms with E-state index < -0.39 is 10.8 Å². The van der Waals surface area contributed by atoms with Gasteiger partial charge >= 0.3 is 0 Å². The van der Waals surface area contributed by atoms with E-state index in [1.807, 2.05) is 0 Å². The number of nitrogens with two attached hydrogens (primary N) is 1. The van der Waals surface area contributed by atoms with E-state index in [9.17, 15) is 4.21 Å². The molecule has 0 amide bonds. The molecule has 96 valence electrons. The predicted molar refractivity (Wildman–Crippen MR) is 75.8 cm³/mol. The summed E-state index contributed by atoms with van der Waals surface area (Å²) in [5.74, 6) is 1.72. The molecule has 0 radical (unpaired) electrons. The zero-order valence-electron chi connectivity index (χ0n) is 10.6. The molecule has 1 aromatic carbocycles. The summed E-state index contributed by atoms with van der Waals surface area (Å²) in [7, 11) is -1.04. The van der Waals surface area contributed by atoms with Crippen molar-refractivity contribution < 1.29 is 4.21 Å². The van der Waals surface area contributed by atoms with Crippen LogP contribution in [0.15, 0.2) is 23.1 Å². The van der Waals surface area contributed by atoms with Gasteiger partial charge in [-0.15, -0.1) is 0 Å². The van der Waals surface area contributed by atoms with Gasteiger partial charge < -0.3 is 5.73 Å². The van der Waals surface area contributed by atoms with Gasteiger partial charge in [-0.1, -0.05) is 32.4 Å². The third kappa shape index (κ3) is 4.68. The molecule has 0 saturated carbocycles. The maximum absolute atomic E-state index is 12.2. The smallest absolute Gasteiger partial charge is 0.0587 e. The van der Waals surface area contributed by atoms with Crippen molar-refractivity contribution in [3.05, 3.63) is 23.2 Å². The fourth-order valence-corrected chi connectivity index (χ4v) is 3.70. The fraction of sp³-hybridized carbons (Fsp3) is 0.538. The third-order valence-electron chi connectivity index (χ3n) is 2.51. The van der Waals surface area contributed by atoms with Gasteiger partial charge in [0.05, 0.1) is 20.7 Å². The maximum Gasteiger partial charge on any atom is 0.0587 e. The summed E-state index contributed by atoms with van der Waals surface area (Å²) in [6, 6.07) is 5.16. The number of anilines is 1. The minimum absolute atomic E-state index is 0.435. The lowest BCUT2D eigenvalue weighted by molar-refractivity contribution is 0.471. The van der Waals surface area contributed by atoms with Gasteiger partial charge in [-0.3, -0.25) is 4.21 Å². The molecular weight excluding hydrogens is 254 g/mol. The minimum atomic E-state index is -1.04. The van der Waals surface area contributed by atoms with Gasteiger partial charge in [-0.05, 0) is 36.5 Å². The van der Waals surface area contributed by atoms with Crippen LogP contribution in [0.4, 0.5) is 5.69 Å². The molecule has 0 heterocycles. The van der Waals surface area contributed by atoms with E-state index in [2.05, 4.69) is 20.8 Å². The Morgan fingerprint density at radius 2 is 2.00 bits per heavy atom. The average Bonchev–Trinajstić information content (AvgIpc) is 2.15. The Morgan fingerprint density at radius 3 is 2.53 bits per heavy atom. The number of nitrogen functional groups attached to an aromatic ring is 1. The van der Waals surface area contributed by atoms with E-state index in [0.717, 1.165) is 6.42 Å². The van der Waals surface area contributed by atoms with Crippen molar-refractivity contribution in [1.29, 1.82) is 0 Å². The normalized spacial score (nSPS) is 14.9. The Balaban J connectivity index is 2.70. The molecule has 0 aliphatic rings. The highest BCUT2D eigenvalue weighted by Gasteiger charge is 2.14. The summed E-state index contributed by atoms with van der Waals surface area (Å²) in [4.78, 5) is 0.691. The van der Waals surface area contributed by atoms with Gasteiger partial charge in [-0.2, -0.15) is 0 Å². The molecule has 0 aromatic heterocycles. The van der Waals surface area contributed by atoms with Crippen LogP contribution in [-0.2, 0) is 10.8 Å². The number of halogens is 1. The number of hydrogen-bond acceptors (Lipinski definition) is 2. The molecule has 1 aromatic rings. The second-order valence-corrected chi connectivity index (χ2v) is 6.81. The van der Waals surface area contributed by atoms with E-state index in [1.54, 1.807) is 18.2 Å². The molecule has 2 N–H and O–H groups in total. The SMILES string of the molecule is CC(C)CC(C)CS(=O)c1ccc(N)cc1Cl. The van der Waals surface area contributed by atoms with Crippen LogP contribution in [-0.4, -0.2) is 9.96 Å². The molecule has 17 heavy (non-hydrogen) atoms. The molecule has 2 atom stereocenters. The first-order chi connectivity index (χ1) is 7.90. The molecule has 0 aliphatic heterocycles. The van der Waals surface area contributed by atoms with Crippen LogP contribution < -0.4 is 5.73 Å². The minimum Gasteiger partial charge on any atom is -0.399 e. The van der Waals surface area contributed by atoms with E-state index in [4.69, 9.17) is 17.3 Å². The predicted octanol–water partition coefficient (Wildman–Crippen LogP) is 3.71. The first-order valence-electron chi connectivity index (χ1n) is 5.83. The van der Waals surface area contributed by atoms with E-state index in [1.165, 1.54) is 0 Å². The van der Waals surface area contributed by atoms with Crippen molar-refractivity contribution >= 4 is 28.1 Å². The van der Waals surface area contributed by atoms with Crippen LogP contribution in [0.1, 0.15) is 27.2 Å². The summed E-state index contributed by atoms with van der Waals surface area (Å²) in [5, 5.41) is 0.500. The molecule has 2 unspecified atom stereocenters. The van der Waals surface area contributed by atoms with Gasteiger partial charge in [0.15, 0.2) is 0 Å². The molecule has 0 bridgehead atoms. The first-order valence-corrected chi connectivity index (χ1v) is 7.53. The van der Waals surface area contributed by atoms with Crippen LogP contribution in [0.2, 0.25) is 5.02 Å². The molecule has 4 heteroatoms. The van der Waals surface area contributed by atoms with E-state index in [-0.39, 0.29) is 0 Å². The van der Waals surface area contributed by atoms with Crippen molar-refractivity contribution in [3.8, 4) is 0 Å². The Hall–Kier alpha value is -0.540. The lowest BCUT2D eigenvalue weighted by Gasteiger charge is -2.14. The average molecular weight is 274 g/mol. The Kier molecular flexibility index (Phi) is 5.47. The van der Waals surface area contributed by atoms with Crippen molar-refractivity contribution in [1.82, 2.24) is 0 Å². The highest BCUT2D eigenvalue weighted by atomic mass is 35.5. The summed E-state index contributed by atoms with van der Waals surface area (Å²) in [6.45, 7) is 6.48. The molecule has 0 saturated heterocycles. The van der Waals surface area contributed by atoms with E-state index in [0.29, 0.717) is 33.2 Å². The molecule has 0 fully saturated rings. The van der Waals surface area contributed by atoms with Crippen molar-refractivity contribution in [2.45, 2.75) is 32.1 Å². The van der Waals surface area contributed by atoms with Crippen LogP contribution in [0.3, 0.4) is 0 Å². The van der Waals surface area contributed by atoms with Gasteiger partial charge in [0.1, 0.15) is 0 Å². The van der Waals surface area contributed by atoms with Crippen molar-refractivity contribution in [2.24, 2.45) is 11.8 Å². The number of hydrogen-bond donors (Lipinski definition) is 1.